The average molecular weight is 402 g/mol. The van der Waals surface area contributed by atoms with Gasteiger partial charge in [-0.3, -0.25) is 0 Å². The third-order valence-corrected chi connectivity index (χ3v) is 4.70. The lowest BCUT2D eigenvalue weighted by Gasteiger charge is -2.34. The van der Waals surface area contributed by atoms with Crippen LogP contribution in [-0.4, -0.2) is 54.9 Å². The van der Waals surface area contributed by atoms with E-state index in [1.165, 1.54) is 51.1 Å². The summed E-state index contributed by atoms with van der Waals surface area (Å²) in [5.41, 5.74) is 1.39. The number of piperazine rings is 1. The molecule has 23 heavy (non-hydrogen) atoms. The zero-order valence-electron chi connectivity index (χ0n) is 13.6. The van der Waals surface area contributed by atoms with E-state index in [9.17, 15) is 0 Å². The van der Waals surface area contributed by atoms with Crippen molar-refractivity contribution in [3.05, 3.63) is 34.9 Å². The first kappa shape index (κ1) is 23.3. The summed E-state index contributed by atoms with van der Waals surface area (Å²) < 4.78 is 0. The molecular weight excluding hydrogens is 374 g/mol. The van der Waals surface area contributed by atoms with E-state index in [2.05, 4.69) is 21.9 Å². The number of unbranched alkanes of at least 4 members (excludes halogenated alkanes) is 1. The van der Waals surface area contributed by atoms with E-state index in [-0.39, 0.29) is 24.8 Å². The van der Waals surface area contributed by atoms with E-state index in [1.54, 1.807) is 0 Å². The van der Waals surface area contributed by atoms with Gasteiger partial charge in [-0.2, -0.15) is 0 Å². The predicted octanol–water partition coefficient (Wildman–Crippen LogP) is 4.75. The molecule has 0 radical (unpaired) electrons. The van der Waals surface area contributed by atoms with Gasteiger partial charge in [-0.1, -0.05) is 23.7 Å². The normalized spacial score (nSPS) is 15.7. The number of rotatable bonds is 8. The first-order chi connectivity index (χ1) is 10.3. The fraction of sp³-hybridized carbons (Fsp3) is 0.647. The second-order valence-corrected chi connectivity index (χ2v) is 6.62. The molecule has 2 nitrogen and oxygen atoms in total. The molecule has 2 rings (SSSR count). The number of hydrogen-bond acceptors (Lipinski definition) is 2. The second kappa shape index (κ2) is 13.6. The molecule has 0 aromatic heterocycles. The second-order valence-electron chi connectivity index (χ2n) is 5.81. The number of nitrogens with zero attached hydrogens (tertiary/aromatic N) is 2. The zero-order valence-corrected chi connectivity index (χ0v) is 16.7. The SMILES string of the molecule is Cl.Cl.ClCCCN1CCN(CCCCc2ccc(Cl)cc2)CC1. The van der Waals surface area contributed by atoms with Crippen molar-refractivity contribution in [2.24, 2.45) is 0 Å². The van der Waals surface area contributed by atoms with Gasteiger partial charge in [0.1, 0.15) is 0 Å². The predicted molar refractivity (Wildman–Crippen MR) is 107 cm³/mol. The van der Waals surface area contributed by atoms with E-state index in [1.807, 2.05) is 12.1 Å². The molecule has 0 atom stereocenters. The first-order valence-electron chi connectivity index (χ1n) is 8.03. The molecule has 1 heterocycles. The van der Waals surface area contributed by atoms with E-state index in [0.717, 1.165) is 30.3 Å². The zero-order chi connectivity index (χ0) is 14.9. The van der Waals surface area contributed by atoms with Gasteiger partial charge in [0.2, 0.25) is 0 Å². The van der Waals surface area contributed by atoms with Crippen molar-refractivity contribution >= 4 is 48.0 Å². The molecule has 1 fully saturated rings. The lowest BCUT2D eigenvalue weighted by molar-refractivity contribution is 0.131. The van der Waals surface area contributed by atoms with Crippen LogP contribution >= 0.6 is 48.0 Å². The first-order valence-corrected chi connectivity index (χ1v) is 8.94. The highest BCUT2D eigenvalue weighted by molar-refractivity contribution is 6.30. The number of benzene rings is 1. The highest BCUT2D eigenvalue weighted by Gasteiger charge is 2.15. The molecule has 0 N–H and O–H groups in total. The molecule has 134 valence electrons. The van der Waals surface area contributed by atoms with Crippen molar-refractivity contribution in [2.75, 3.05) is 45.1 Å². The fourth-order valence-electron chi connectivity index (χ4n) is 2.84. The van der Waals surface area contributed by atoms with E-state index >= 15 is 0 Å². The molecule has 0 amide bonds. The van der Waals surface area contributed by atoms with Gasteiger partial charge in [0, 0.05) is 37.1 Å². The van der Waals surface area contributed by atoms with E-state index in [4.69, 9.17) is 23.2 Å². The Morgan fingerprint density at radius 2 is 1.30 bits per heavy atom. The van der Waals surface area contributed by atoms with Gasteiger partial charge < -0.3 is 9.80 Å². The molecule has 0 unspecified atom stereocenters. The quantitative estimate of drug-likeness (QED) is 0.457. The summed E-state index contributed by atoms with van der Waals surface area (Å²) in [7, 11) is 0. The highest BCUT2D eigenvalue weighted by Crippen LogP contribution is 2.12. The van der Waals surface area contributed by atoms with Gasteiger partial charge in [0.05, 0.1) is 0 Å². The van der Waals surface area contributed by atoms with Crippen LogP contribution in [0.15, 0.2) is 24.3 Å². The summed E-state index contributed by atoms with van der Waals surface area (Å²) in [6.07, 6.45) is 4.81. The van der Waals surface area contributed by atoms with Crippen LogP contribution in [0.4, 0.5) is 0 Å². The molecule has 0 spiro atoms. The maximum Gasteiger partial charge on any atom is 0.0406 e. The average Bonchev–Trinajstić information content (AvgIpc) is 2.52. The minimum Gasteiger partial charge on any atom is -0.301 e. The Labute approximate surface area is 163 Å². The minimum atomic E-state index is 0. The maximum absolute atomic E-state index is 5.90. The van der Waals surface area contributed by atoms with Gasteiger partial charge in [0.25, 0.3) is 0 Å². The van der Waals surface area contributed by atoms with Gasteiger partial charge in [-0.05, 0) is 56.5 Å². The van der Waals surface area contributed by atoms with Crippen LogP contribution in [0.25, 0.3) is 0 Å². The molecule has 6 heteroatoms. The van der Waals surface area contributed by atoms with Crippen LogP contribution in [-0.2, 0) is 6.42 Å². The maximum atomic E-state index is 5.90. The molecular formula is C17H28Cl4N2. The summed E-state index contributed by atoms with van der Waals surface area (Å²) in [5, 5.41) is 0.825. The van der Waals surface area contributed by atoms with Crippen molar-refractivity contribution < 1.29 is 0 Å². The summed E-state index contributed by atoms with van der Waals surface area (Å²) in [4.78, 5) is 5.13. The Balaban J connectivity index is 0.00000242. The third-order valence-electron chi connectivity index (χ3n) is 4.18. The van der Waals surface area contributed by atoms with Crippen LogP contribution in [0.2, 0.25) is 5.02 Å². The molecule has 1 aliphatic heterocycles. The number of aryl methyl sites for hydroxylation is 1. The van der Waals surface area contributed by atoms with Crippen LogP contribution in [0.5, 0.6) is 0 Å². The standard InChI is InChI=1S/C17H26Cl2N2.2ClH/c18-9-3-11-21-14-12-20(13-15-21)10-2-1-4-16-5-7-17(19)8-6-16;;/h5-8H,1-4,9-15H2;2*1H. The Kier molecular flexibility index (Phi) is 13.8. The van der Waals surface area contributed by atoms with Gasteiger partial charge >= 0.3 is 0 Å². The Hall–Kier alpha value is 0.300. The van der Waals surface area contributed by atoms with Crippen molar-refractivity contribution in [1.82, 2.24) is 9.80 Å². The van der Waals surface area contributed by atoms with Crippen molar-refractivity contribution in [1.29, 1.82) is 0 Å². The Morgan fingerprint density at radius 1 is 0.783 bits per heavy atom. The highest BCUT2D eigenvalue weighted by atomic mass is 35.5. The van der Waals surface area contributed by atoms with E-state index < -0.39 is 0 Å². The van der Waals surface area contributed by atoms with Crippen LogP contribution in [0.3, 0.4) is 0 Å². The Bertz CT molecular complexity index is 392. The summed E-state index contributed by atoms with van der Waals surface area (Å²) >= 11 is 11.6. The molecule has 1 aromatic rings. The fourth-order valence-corrected chi connectivity index (χ4v) is 3.08. The monoisotopic (exact) mass is 400 g/mol. The molecule has 1 saturated heterocycles. The lowest BCUT2D eigenvalue weighted by Crippen LogP contribution is -2.46. The van der Waals surface area contributed by atoms with Gasteiger partial charge in [-0.15, -0.1) is 36.4 Å². The number of hydrogen-bond donors (Lipinski definition) is 0. The molecule has 1 aliphatic rings. The molecule has 0 aliphatic carbocycles. The van der Waals surface area contributed by atoms with Crippen LogP contribution in [0, 0.1) is 0 Å². The Morgan fingerprint density at radius 3 is 1.83 bits per heavy atom. The summed E-state index contributed by atoms with van der Waals surface area (Å²) in [5.74, 6) is 0.783. The smallest absolute Gasteiger partial charge is 0.0406 e. The van der Waals surface area contributed by atoms with Crippen LogP contribution in [0.1, 0.15) is 24.8 Å². The van der Waals surface area contributed by atoms with Gasteiger partial charge in [-0.25, -0.2) is 0 Å². The number of halogens is 4. The van der Waals surface area contributed by atoms with Gasteiger partial charge in [0.15, 0.2) is 0 Å². The largest absolute Gasteiger partial charge is 0.301 e. The van der Waals surface area contributed by atoms with E-state index in [0.29, 0.717) is 0 Å². The molecule has 0 bridgehead atoms. The van der Waals surface area contributed by atoms with Crippen molar-refractivity contribution in [3.8, 4) is 0 Å². The topological polar surface area (TPSA) is 6.48 Å². The third kappa shape index (κ3) is 9.38. The lowest BCUT2D eigenvalue weighted by atomic mass is 10.1. The summed E-state index contributed by atoms with van der Waals surface area (Å²) in [6.45, 7) is 7.22. The molecule has 0 saturated carbocycles. The van der Waals surface area contributed by atoms with Crippen molar-refractivity contribution in [3.63, 3.8) is 0 Å². The molecule has 1 aromatic carbocycles. The van der Waals surface area contributed by atoms with Crippen molar-refractivity contribution in [2.45, 2.75) is 25.7 Å². The minimum absolute atomic E-state index is 0. The number of alkyl halides is 1. The summed E-state index contributed by atoms with van der Waals surface area (Å²) in [6, 6.07) is 8.24. The van der Waals surface area contributed by atoms with Crippen LogP contribution < -0.4 is 0 Å².